The van der Waals surface area contributed by atoms with Gasteiger partial charge in [0.2, 0.25) is 0 Å². The molecule has 0 heterocycles. The van der Waals surface area contributed by atoms with Gasteiger partial charge in [-0.05, 0) is 12.1 Å². The molecule has 0 amide bonds. The Morgan fingerprint density at radius 2 is 1.92 bits per heavy atom. The molecule has 0 aliphatic carbocycles. The largest absolute Gasteiger partial charge is 0.224 e. The fraction of sp³-hybridized carbons (Fsp3) is 0. The van der Waals surface area contributed by atoms with E-state index in [0.29, 0.717) is 0 Å². The van der Waals surface area contributed by atoms with E-state index in [1.54, 1.807) is 18.2 Å². The summed E-state index contributed by atoms with van der Waals surface area (Å²) in [6.07, 6.45) is 2.97. The molecule has 1 aromatic rings. The third-order valence-corrected chi connectivity index (χ3v) is 2.37. The summed E-state index contributed by atoms with van der Waals surface area (Å²) in [6.45, 7) is 0. The molecule has 0 saturated carbocycles. The van der Waals surface area contributed by atoms with E-state index in [1.165, 1.54) is 12.1 Å². The highest BCUT2D eigenvalue weighted by Gasteiger charge is 2.11. The van der Waals surface area contributed by atoms with Gasteiger partial charge in [0.25, 0.3) is 0 Å². The molecular formula is C8H6NO2S. The van der Waals surface area contributed by atoms with Crippen LogP contribution >= 0.6 is 0 Å². The molecule has 0 unspecified atom stereocenters. The van der Waals surface area contributed by atoms with Gasteiger partial charge in [0.1, 0.15) is 6.07 Å². The first-order chi connectivity index (χ1) is 5.55. The molecule has 0 saturated heterocycles. The maximum absolute atomic E-state index is 11.0. The fourth-order valence-corrected chi connectivity index (χ4v) is 1.56. The lowest BCUT2D eigenvalue weighted by Crippen LogP contribution is -1.97. The van der Waals surface area contributed by atoms with Gasteiger partial charge in [-0.25, -0.2) is 8.42 Å². The van der Waals surface area contributed by atoms with Gasteiger partial charge in [0.15, 0.2) is 9.84 Å². The molecule has 0 aliphatic heterocycles. The maximum atomic E-state index is 11.0. The highest BCUT2D eigenvalue weighted by molar-refractivity contribution is 7.92. The number of rotatable bonds is 1. The van der Waals surface area contributed by atoms with Crippen LogP contribution in [0.1, 0.15) is 5.56 Å². The molecule has 1 radical (unpaired) electrons. The van der Waals surface area contributed by atoms with Crippen LogP contribution in [0.15, 0.2) is 29.2 Å². The Morgan fingerprint density at radius 1 is 1.33 bits per heavy atom. The lowest BCUT2D eigenvalue weighted by Gasteiger charge is -1.98. The second kappa shape index (κ2) is 2.95. The highest BCUT2D eigenvalue weighted by atomic mass is 32.2. The van der Waals surface area contributed by atoms with E-state index in [0.717, 1.165) is 0 Å². The Morgan fingerprint density at radius 3 is 2.33 bits per heavy atom. The summed E-state index contributed by atoms with van der Waals surface area (Å²) in [4.78, 5) is -0.0208. The fourth-order valence-electron chi connectivity index (χ4n) is 0.830. The molecule has 0 spiro atoms. The first-order valence-corrected chi connectivity index (χ1v) is 4.78. The SMILES string of the molecule is [CH2]S(=O)(=O)c1ccccc1C#N. The van der Waals surface area contributed by atoms with Crippen molar-refractivity contribution in [3.05, 3.63) is 36.1 Å². The Labute approximate surface area is 71.2 Å². The third kappa shape index (κ3) is 1.63. The van der Waals surface area contributed by atoms with Crippen molar-refractivity contribution in [2.24, 2.45) is 0 Å². The second-order valence-electron chi connectivity index (χ2n) is 2.22. The minimum Gasteiger partial charge on any atom is -0.224 e. The molecule has 0 aliphatic rings. The van der Waals surface area contributed by atoms with Crippen LogP contribution in [0.4, 0.5) is 0 Å². The van der Waals surface area contributed by atoms with Crippen molar-refractivity contribution in [1.82, 2.24) is 0 Å². The zero-order valence-electron chi connectivity index (χ0n) is 6.19. The second-order valence-corrected chi connectivity index (χ2v) is 3.89. The smallest absolute Gasteiger partial charge is 0.180 e. The quantitative estimate of drug-likeness (QED) is 0.650. The molecule has 3 nitrogen and oxygen atoms in total. The number of sulfone groups is 1. The van der Waals surface area contributed by atoms with E-state index in [2.05, 4.69) is 6.26 Å². The third-order valence-electron chi connectivity index (χ3n) is 1.34. The highest BCUT2D eigenvalue weighted by Crippen LogP contribution is 2.14. The predicted molar refractivity (Wildman–Crippen MR) is 43.7 cm³/mol. The first kappa shape index (κ1) is 8.75. The van der Waals surface area contributed by atoms with E-state index in [4.69, 9.17) is 5.26 Å². The van der Waals surface area contributed by atoms with Gasteiger partial charge in [0, 0.05) is 0 Å². The van der Waals surface area contributed by atoms with Crippen molar-refractivity contribution in [1.29, 1.82) is 5.26 Å². The van der Waals surface area contributed by atoms with Crippen molar-refractivity contribution in [3.8, 4) is 6.07 Å². The monoisotopic (exact) mass is 180 g/mol. The summed E-state index contributed by atoms with van der Waals surface area (Å²) >= 11 is 0. The normalized spacial score (nSPS) is 10.7. The van der Waals surface area contributed by atoms with Crippen molar-refractivity contribution in [2.45, 2.75) is 4.90 Å². The van der Waals surface area contributed by atoms with Gasteiger partial charge in [0.05, 0.1) is 16.7 Å². The topological polar surface area (TPSA) is 57.9 Å². The number of nitrogens with zero attached hydrogens (tertiary/aromatic N) is 1. The minimum absolute atomic E-state index is 0.0208. The lowest BCUT2D eigenvalue weighted by molar-refractivity contribution is 0.604. The van der Waals surface area contributed by atoms with Crippen LogP contribution < -0.4 is 0 Å². The molecule has 4 heteroatoms. The Bertz CT molecular complexity index is 429. The summed E-state index contributed by atoms with van der Waals surface area (Å²) in [5.74, 6) is 0. The van der Waals surface area contributed by atoms with Gasteiger partial charge in [-0.1, -0.05) is 12.1 Å². The molecular weight excluding hydrogens is 174 g/mol. The summed E-state index contributed by atoms with van der Waals surface area (Å²) in [6, 6.07) is 7.75. The van der Waals surface area contributed by atoms with E-state index in [9.17, 15) is 8.42 Å². The van der Waals surface area contributed by atoms with E-state index in [-0.39, 0.29) is 10.5 Å². The Hall–Kier alpha value is -1.34. The molecule has 12 heavy (non-hydrogen) atoms. The van der Waals surface area contributed by atoms with Crippen LogP contribution in [0.3, 0.4) is 0 Å². The number of hydrogen-bond acceptors (Lipinski definition) is 3. The number of nitriles is 1. The summed E-state index contributed by atoms with van der Waals surface area (Å²) < 4.78 is 21.9. The van der Waals surface area contributed by atoms with Gasteiger partial charge < -0.3 is 0 Å². The van der Waals surface area contributed by atoms with Gasteiger partial charge in [-0.2, -0.15) is 5.26 Å². The minimum atomic E-state index is -3.52. The Kier molecular flexibility index (Phi) is 2.15. The van der Waals surface area contributed by atoms with Crippen molar-refractivity contribution in [3.63, 3.8) is 0 Å². The average Bonchev–Trinajstić information content (AvgIpc) is 2.03. The van der Waals surface area contributed by atoms with Gasteiger partial charge >= 0.3 is 0 Å². The summed E-state index contributed by atoms with van der Waals surface area (Å²) in [7, 11) is -3.52. The van der Waals surface area contributed by atoms with Gasteiger partial charge in [-0.3, -0.25) is 0 Å². The molecule has 1 rings (SSSR count). The average molecular weight is 180 g/mol. The standard InChI is InChI=1S/C8H6NO2S/c1-12(10,11)8-5-3-2-4-7(8)6-9/h2-5H,1H2. The van der Waals surface area contributed by atoms with Crippen LogP contribution in [0, 0.1) is 17.6 Å². The zero-order valence-corrected chi connectivity index (χ0v) is 7.00. The van der Waals surface area contributed by atoms with Crippen LogP contribution in [0.25, 0.3) is 0 Å². The van der Waals surface area contributed by atoms with Crippen molar-refractivity contribution in [2.75, 3.05) is 0 Å². The van der Waals surface area contributed by atoms with Crippen molar-refractivity contribution < 1.29 is 8.42 Å². The lowest BCUT2D eigenvalue weighted by atomic mass is 10.2. The van der Waals surface area contributed by atoms with Crippen LogP contribution in [0.2, 0.25) is 0 Å². The maximum Gasteiger partial charge on any atom is 0.180 e. The predicted octanol–water partition coefficient (Wildman–Crippen LogP) is 1.12. The first-order valence-electron chi connectivity index (χ1n) is 3.13. The van der Waals surface area contributed by atoms with Crippen molar-refractivity contribution >= 4 is 9.84 Å². The van der Waals surface area contributed by atoms with E-state index < -0.39 is 9.84 Å². The summed E-state index contributed by atoms with van der Waals surface area (Å²) in [5.41, 5.74) is 0.132. The van der Waals surface area contributed by atoms with E-state index >= 15 is 0 Å². The number of benzene rings is 1. The Balaban J connectivity index is 3.47. The molecule has 0 aromatic heterocycles. The number of hydrogen-bond donors (Lipinski definition) is 0. The van der Waals surface area contributed by atoms with Crippen LogP contribution in [-0.4, -0.2) is 8.42 Å². The molecule has 1 aromatic carbocycles. The molecule has 61 valence electrons. The molecule has 0 atom stereocenters. The summed E-state index contributed by atoms with van der Waals surface area (Å²) in [5, 5.41) is 8.54. The molecule has 0 N–H and O–H groups in total. The zero-order chi connectivity index (χ0) is 9.19. The van der Waals surface area contributed by atoms with E-state index in [1.807, 2.05) is 0 Å². The molecule has 0 fully saturated rings. The van der Waals surface area contributed by atoms with Crippen LogP contribution in [-0.2, 0) is 9.84 Å². The molecule has 0 bridgehead atoms. The van der Waals surface area contributed by atoms with Crippen LogP contribution in [0.5, 0.6) is 0 Å². The van der Waals surface area contributed by atoms with Gasteiger partial charge in [-0.15, -0.1) is 0 Å².